The average Bonchev–Trinajstić information content (AvgIpc) is 2.53. The summed E-state index contributed by atoms with van der Waals surface area (Å²) < 4.78 is 0. The molecule has 0 aromatic heterocycles. The maximum Gasteiger partial charge on any atom is 0.244 e. The molecule has 1 atom stereocenters. The van der Waals surface area contributed by atoms with Crippen LogP contribution in [0, 0.1) is 0 Å². The molecule has 1 aromatic rings. The third-order valence-electron chi connectivity index (χ3n) is 3.96. The van der Waals surface area contributed by atoms with Gasteiger partial charge >= 0.3 is 0 Å². The standard InChI is InChI=1S/C16H25N3O/c1-3-18(4-2)15(14-8-6-5-7-9-14)16(20)19-12-10-17-11-13-19/h5-9,15,17H,3-4,10-13H2,1-2H3. The molecule has 1 heterocycles. The highest BCUT2D eigenvalue weighted by Crippen LogP contribution is 2.23. The first-order valence-electron chi connectivity index (χ1n) is 7.56. The van der Waals surface area contributed by atoms with Gasteiger partial charge in [-0.1, -0.05) is 44.2 Å². The lowest BCUT2D eigenvalue weighted by Gasteiger charge is -2.35. The summed E-state index contributed by atoms with van der Waals surface area (Å²) in [5, 5.41) is 3.30. The van der Waals surface area contributed by atoms with Gasteiger partial charge < -0.3 is 10.2 Å². The van der Waals surface area contributed by atoms with Gasteiger partial charge in [0.15, 0.2) is 0 Å². The Bertz CT molecular complexity index is 411. The van der Waals surface area contributed by atoms with Crippen molar-refractivity contribution in [2.45, 2.75) is 19.9 Å². The lowest BCUT2D eigenvalue weighted by Crippen LogP contribution is -2.50. The molecule has 0 bridgehead atoms. The highest BCUT2D eigenvalue weighted by Gasteiger charge is 2.30. The van der Waals surface area contributed by atoms with Crippen LogP contribution in [0.5, 0.6) is 0 Å². The van der Waals surface area contributed by atoms with Crippen molar-refractivity contribution >= 4 is 5.91 Å². The highest BCUT2D eigenvalue weighted by atomic mass is 16.2. The fourth-order valence-corrected chi connectivity index (χ4v) is 2.79. The molecule has 0 aliphatic carbocycles. The Kier molecular flexibility index (Phi) is 5.56. The lowest BCUT2D eigenvalue weighted by molar-refractivity contribution is -0.137. The zero-order chi connectivity index (χ0) is 14.4. The van der Waals surface area contributed by atoms with E-state index < -0.39 is 0 Å². The number of carbonyl (C=O) groups excluding carboxylic acids is 1. The maximum atomic E-state index is 12.9. The molecule has 110 valence electrons. The van der Waals surface area contributed by atoms with E-state index in [-0.39, 0.29) is 11.9 Å². The summed E-state index contributed by atoms with van der Waals surface area (Å²) in [7, 11) is 0. The topological polar surface area (TPSA) is 35.6 Å². The Balaban J connectivity index is 2.23. The van der Waals surface area contributed by atoms with E-state index in [9.17, 15) is 4.79 Å². The number of nitrogens with zero attached hydrogens (tertiary/aromatic N) is 2. The molecule has 1 N–H and O–H groups in total. The smallest absolute Gasteiger partial charge is 0.244 e. The summed E-state index contributed by atoms with van der Waals surface area (Å²) in [6.07, 6.45) is 0. The van der Waals surface area contributed by atoms with Crippen LogP contribution in [-0.2, 0) is 4.79 Å². The molecular weight excluding hydrogens is 250 g/mol. The van der Waals surface area contributed by atoms with E-state index in [1.807, 2.05) is 23.1 Å². The lowest BCUT2D eigenvalue weighted by atomic mass is 10.0. The van der Waals surface area contributed by atoms with Crippen LogP contribution >= 0.6 is 0 Å². The van der Waals surface area contributed by atoms with Gasteiger partial charge in [0.05, 0.1) is 0 Å². The second kappa shape index (κ2) is 7.41. The van der Waals surface area contributed by atoms with Gasteiger partial charge in [0.1, 0.15) is 6.04 Å². The van der Waals surface area contributed by atoms with E-state index in [0.717, 1.165) is 44.8 Å². The first-order valence-corrected chi connectivity index (χ1v) is 7.56. The molecule has 1 aliphatic heterocycles. The molecule has 0 spiro atoms. The Morgan fingerprint density at radius 3 is 2.35 bits per heavy atom. The molecule has 0 radical (unpaired) electrons. The molecule has 20 heavy (non-hydrogen) atoms. The van der Waals surface area contributed by atoms with Crippen molar-refractivity contribution in [3.63, 3.8) is 0 Å². The second-order valence-electron chi connectivity index (χ2n) is 5.11. The molecule has 1 amide bonds. The van der Waals surface area contributed by atoms with E-state index in [0.29, 0.717) is 0 Å². The SMILES string of the molecule is CCN(CC)C(C(=O)N1CCNCC1)c1ccccc1. The number of benzene rings is 1. The first-order chi connectivity index (χ1) is 9.77. The van der Waals surface area contributed by atoms with Crippen LogP contribution in [0.3, 0.4) is 0 Å². The predicted molar refractivity (Wildman–Crippen MR) is 81.6 cm³/mol. The summed E-state index contributed by atoms with van der Waals surface area (Å²) in [6.45, 7) is 9.40. The minimum atomic E-state index is -0.149. The third kappa shape index (κ3) is 3.38. The fourth-order valence-electron chi connectivity index (χ4n) is 2.79. The quantitative estimate of drug-likeness (QED) is 0.884. The number of amides is 1. The van der Waals surface area contributed by atoms with Gasteiger partial charge in [-0.05, 0) is 18.7 Å². The van der Waals surface area contributed by atoms with Crippen molar-refractivity contribution in [3.8, 4) is 0 Å². The number of nitrogens with one attached hydrogen (secondary N) is 1. The summed E-state index contributed by atoms with van der Waals surface area (Å²) >= 11 is 0. The predicted octanol–water partition coefficient (Wildman–Crippen LogP) is 1.50. The van der Waals surface area contributed by atoms with Crippen molar-refractivity contribution in [1.82, 2.24) is 15.1 Å². The fraction of sp³-hybridized carbons (Fsp3) is 0.562. The molecule has 0 saturated carbocycles. The molecule has 1 aliphatic rings. The van der Waals surface area contributed by atoms with Gasteiger partial charge in [0, 0.05) is 26.2 Å². The van der Waals surface area contributed by atoms with Gasteiger partial charge in [-0.3, -0.25) is 9.69 Å². The minimum Gasteiger partial charge on any atom is -0.338 e. The zero-order valence-electron chi connectivity index (χ0n) is 12.5. The summed E-state index contributed by atoms with van der Waals surface area (Å²) in [5.41, 5.74) is 1.10. The molecule has 1 saturated heterocycles. The number of hydrogen-bond donors (Lipinski definition) is 1. The number of likely N-dealkylation sites (N-methyl/N-ethyl adjacent to an activating group) is 1. The summed E-state index contributed by atoms with van der Waals surface area (Å²) in [4.78, 5) is 17.1. The van der Waals surface area contributed by atoms with Crippen LogP contribution in [0.15, 0.2) is 30.3 Å². The van der Waals surface area contributed by atoms with Gasteiger partial charge in [-0.25, -0.2) is 0 Å². The van der Waals surface area contributed by atoms with Crippen LogP contribution in [0.2, 0.25) is 0 Å². The number of rotatable bonds is 5. The number of hydrogen-bond acceptors (Lipinski definition) is 3. The van der Waals surface area contributed by atoms with Crippen molar-refractivity contribution in [2.75, 3.05) is 39.3 Å². The average molecular weight is 275 g/mol. The first kappa shape index (κ1) is 15.0. The minimum absolute atomic E-state index is 0.149. The Labute approximate surface area is 121 Å². The summed E-state index contributed by atoms with van der Waals surface area (Å²) in [5.74, 6) is 0.237. The van der Waals surface area contributed by atoms with Gasteiger partial charge in [0.2, 0.25) is 5.91 Å². The molecule has 1 aromatic carbocycles. The normalized spacial score (nSPS) is 17.2. The molecular formula is C16H25N3O. The van der Waals surface area contributed by atoms with Gasteiger partial charge in [0.25, 0.3) is 0 Å². The van der Waals surface area contributed by atoms with Crippen LogP contribution in [-0.4, -0.2) is 55.0 Å². The van der Waals surface area contributed by atoms with E-state index in [2.05, 4.69) is 36.2 Å². The van der Waals surface area contributed by atoms with Crippen molar-refractivity contribution < 1.29 is 4.79 Å². The van der Waals surface area contributed by atoms with Crippen molar-refractivity contribution in [1.29, 1.82) is 0 Å². The molecule has 2 rings (SSSR count). The van der Waals surface area contributed by atoms with E-state index in [1.54, 1.807) is 0 Å². The van der Waals surface area contributed by atoms with Crippen molar-refractivity contribution in [3.05, 3.63) is 35.9 Å². The molecule has 1 unspecified atom stereocenters. The van der Waals surface area contributed by atoms with Gasteiger partial charge in [-0.15, -0.1) is 0 Å². The zero-order valence-corrected chi connectivity index (χ0v) is 12.5. The Hall–Kier alpha value is -1.39. The third-order valence-corrected chi connectivity index (χ3v) is 3.96. The molecule has 1 fully saturated rings. The van der Waals surface area contributed by atoms with E-state index in [1.165, 1.54) is 0 Å². The van der Waals surface area contributed by atoms with Crippen LogP contribution in [0.25, 0.3) is 0 Å². The monoisotopic (exact) mass is 275 g/mol. The van der Waals surface area contributed by atoms with Crippen LogP contribution in [0.1, 0.15) is 25.5 Å². The van der Waals surface area contributed by atoms with Crippen LogP contribution < -0.4 is 5.32 Å². The number of piperazine rings is 1. The summed E-state index contributed by atoms with van der Waals surface area (Å²) in [6, 6.07) is 9.99. The van der Waals surface area contributed by atoms with Gasteiger partial charge in [-0.2, -0.15) is 0 Å². The maximum absolute atomic E-state index is 12.9. The van der Waals surface area contributed by atoms with Crippen LogP contribution in [0.4, 0.5) is 0 Å². The second-order valence-corrected chi connectivity index (χ2v) is 5.11. The van der Waals surface area contributed by atoms with E-state index in [4.69, 9.17) is 0 Å². The van der Waals surface area contributed by atoms with Crippen molar-refractivity contribution in [2.24, 2.45) is 0 Å². The number of carbonyl (C=O) groups is 1. The Morgan fingerprint density at radius 1 is 1.20 bits per heavy atom. The van der Waals surface area contributed by atoms with E-state index >= 15 is 0 Å². The largest absolute Gasteiger partial charge is 0.338 e. The Morgan fingerprint density at radius 2 is 1.80 bits per heavy atom. The highest BCUT2D eigenvalue weighted by molar-refractivity contribution is 5.83. The molecule has 4 nitrogen and oxygen atoms in total. The molecule has 4 heteroatoms.